The first kappa shape index (κ1) is 22.8. The molecule has 0 aromatic rings. The maximum Gasteiger partial charge on any atom is 0.409 e. The van der Waals surface area contributed by atoms with Crippen molar-refractivity contribution in [2.75, 3.05) is 0 Å². The number of ether oxygens (including phenoxy) is 2. The van der Waals surface area contributed by atoms with Crippen LogP contribution in [0.3, 0.4) is 0 Å². The van der Waals surface area contributed by atoms with Crippen LogP contribution < -0.4 is 10.6 Å². The van der Waals surface area contributed by atoms with Gasteiger partial charge in [0, 0.05) is 12.8 Å². The molecule has 4 N–H and O–H groups in total. The van der Waals surface area contributed by atoms with Crippen LogP contribution in [0.25, 0.3) is 0 Å². The number of nitrogens with one attached hydrogen (secondary N) is 2. The first-order valence-corrected chi connectivity index (χ1v) is 10.2. The molecule has 0 aliphatic heterocycles. The number of alkyl carbamates (subject to hydrolysis) is 2. The quantitative estimate of drug-likeness (QED) is 0.443. The van der Waals surface area contributed by atoms with E-state index in [1.165, 1.54) is 0 Å². The van der Waals surface area contributed by atoms with Crippen LogP contribution in [0, 0.1) is 0 Å². The van der Waals surface area contributed by atoms with Crippen LogP contribution in [0.2, 0.25) is 0 Å². The lowest BCUT2D eigenvalue weighted by Crippen LogP contribution is -2.66. The Labute approximate surface area is 169 Å². The summed E-state index contributed by atoms with van der Waals surface area (Å²) in [5.74, 6) is -2.86. The number of rotatable bonds is 8. The molecule has 10 nitrogen and oxygen atoms in total. The Morgan fingerprint density at radius 2 is 1.17 bits per heavy atom. The van der Waals surface area contributed by atoms with Gasteiger partial charge in [0.1, 0.15) is 12.2 Å². The minimum atomic E-state index is -2.34. The van der Waals surface area contributed by atoms with Crippen molar-refractivity contribution in [1.29, 1.82) is 0 Å². The molecule has 2 rings (SSSR count). The third kappa shape index (κ3) is 7.43. The second-order valence-corrected chi connectivity index (χ2v) is 7.68. The molecule has 2 aliphatic carbocycles. The third-order valence-corrected chi connectivity index (χ3v) is 5.36. The molecular formula is C19H30N2O8. The van der Waals surface area contributed by atoms with Gasteiger partial charge in [-0.3, -0.25) is 15.4 Å². The fraction of sp³-hybridized carbons (Fsp3) is 0.789. The van der Waals surface area contributed by atoms with E-state index in [4.69, 9.17) is 14.6 Å². The number of carbonyl (C=O) groups is 4. The maximum absolute atomic E-state index is 12.3. The minimum absolute atomic E-state index is 0.330. The van der Waals surface area contributed by atoms with Gasteiger partial charge in [-0.15, -0.1) is 0 Å². The smallest absolute Gasteiger partial charge is 0.409 e. The second kappa shape index (κ2) is 10.9. The molecule has 0 unspecified atom stereocenters. The SMILES string of the molecule is O=C(O)CCC(NC(=O)OC1CCCCC1)(NC(=O)OC1CCCCC1)C(=O)O. The predicted molar refractivity (Wildman–Crippen MR) is 100 cm³/mol. The van der Waals surface area contributed by atoms with Crippen LogP contribution in [-0.2, 0) is 19.1 Å². The molecule has 0 saturated heterocycles. The molecule has 0 aromatic carbocycles. The van der Waals surface area contributed by atoms with Gasteiger partial charge in [0.25, 0.3) is 0 Å². The maximum atomic E-state index is 12.3. The number of carboxylic acid groups (broad SMARTS) is 2. The van der Waals surface area contributed by atoms with Gasteiger partial charge < -0.3 is 19.7 Å². The van der Waals surface area contributed by atoms with Crippen LogP contribution in [0.1, 0.15) is 77.0 Å². The molecular weight excluding hydrogens is 384 g/mol. The molecule has 0 heterocycles. The summed E-state index contributed by atoms with van der Waals surface area (Å²) in [6.45, 7) is 0. The van der Waals surface area contributed by atoms with Gasteiger partial charge in [0.05, 0.1) is 0 Å². The van der Waals surface area contributed by atoms with Gasteiger partial charge in [-0.2, -0.15) is 0 Å². The van der Waals surface area contributed by atoms with Gasteiger partial charge >= 0.3 is 24.1 Å². The molecule has 2 fully saturated rings. The molecule has 2 amide bonds. The van der Waals surface area contributed by atoms with Gasteiger partial charge in [-0.1, -0.05) is 12.8 Å². The normalized spacial score (nSPS) is 18.5. The third-order valence-electron chi connectivity index (χ3n) is 5.36. The molecule has 10 heteroatoms. The summed E-state index contributed by atoms with van der Waals surface area (Å²) in [7, 11) is 0. The average Bonchev–Trinajstić information content (AvgIpc) is 2.67. The van der Waals surface area contributed by atoms with Gasteiger partial charge in [0.2, 0.25) is 5.66 Å². The highest BCUT2D eigenvalue weighted by Crippen LogP contribution is 2.22. The Kier molecular flexibility index (Phi) is 8.53. The van der Waals surface area contributed by atoms with Crippen molar-refractivity contribution in [1.82, 2.24) is 10.6 Å². The zero-order valence-electron chi connectivity index (χ0n) is 16.5. The summed E-state index contributed by atoms with van der Waals surface area (Å²) >= 11 is 0. The first-order valence-electron chi connectivity index (χ1n) is 10.2. The lowest BCUT2D eigenvalue weighted by molar-refractivity contribution is -0.147. The van der Waals surface area contributed by atoms with Crippen molar-refractivity contribution >= 4 is 24.1 Å². The molecule has 0 aromatic heterocycles. The predicted octanol–water partition coefficient (Wildman–Crippen LogP) is 2.75. The molecule has 0 spiro atoms. The van der Waals surface area contributed by atoms with Crippen LogP contribution in [-0.4, -0.2) is 52.2 Å². The second-order valence-electron chi connectivity index (χ2n) is 7.68. The number of carbonyl (C=O) groups excluding carboxylic acids is 2. The van der Waals surface area contributed by atoms with Crippen LogP contribution in [0.15, 0.2) is 0 Å². The fourth-order valence-electron chi connectivity index (χ4n) is 3.74. The van der Waals surface area contributed by atoms with Gasteiger partial charge in [-0.05, 0) is 51.4 Å². The summed E-state index contributed by atoms with van der Waals surface area (Å²) < 4.78 is 10.6. The molecule has 2 aliphatic rings. The van der Waals surface area contributed by atoms with Crippen LogP contribution in [0.4, 0.5) is 9.59 Å². The highest BCUT2D eigenvalue weighted by Gasteiger charge is 2.44. The van der Waals surface area contributed by atoms with Gasteiger partial charge in [0.15, 0.2) is 0 Å². The van der Waals surface area contributed by atoms with E-state index < -0.39 is 42.6 Å². The Balaban J connectivity index is 2.05. The van der Waals surface area contributed by atoms with Crippen LogP contribution >= 0.6 is 0 Å². The van der Waals surface area contributed by atoms with E-state index in [-0.39, 0.29) is 12.2 Å². The summed E-state index contributed by atoms with van der Waals surface area (Å²) in [4.78, 5) is 47.6. The molecule has 2 saturated carbocycles. The molecule has 0 atom stereocenters. The molecule has 0 radical (unpaired) electrons. The lowest BCUT2D eigenvalue weighted by Gasteiger charge is -2.32. The van der Waals surface area contributed by atoms with E-state index in [0.29, 0.717) is 25.7 Å². The fourth-order valence-corrected chi connectivity index (χ4v) is 3.74. The number of aliphatic carboxylic acids is 2. The molecule has 0 bridgehead atoms. The van der Waals surface area contributed by atoms with E-state index in [9.17, 15) is 24.3 Å². The highest BCUT2D eigenvalue weighted by molar-refractivity contribution is 5.88. The standard InChI is InChI=1S/C19H30N2O8/c22-15(23)11-12-19(16(24)25,20-17(26)28-13-7-3-1-4-8-13)21-18(27)29-14-9-5-2-6-10-14/h13-14H,1-12H2,(H,20,26)(H,21,27)(H,22,23)(H,24,25). The summed E-state index contributed by atoms with van der Waals surface area (Å²) in [5.41, 5.74) is -2.34. The van der Waals surface area contributed by atoms with E-state index in [0.717, 1.165) is 38.5 Å². The van der Waals surface area contributed by atoms with Gasteiger partial charge in [-0.25, -0.2) is 14.4 Å². The summed E-state index contributed by atoms with van der Waals surface area (Å²) in [5, 5.41) is 23.0. The van der Waals surface area contributed by atoms with E-state index >= 15 is 0 Å². The van der Waals surface area contributed by atoms with Crippen molar-refractivity contribution in [3.63, 3.8) is 0 Å². The van der Waals surface area contributed by atoms with Crippen molar-refractivity contribution < 1.29 is 38.9 Å². The monoisotopic (exact) mass is 414 g/mol. The lowest BCUT2D eigenvalue weighted by atomic mass is 9.98. The van der Waals surface area contributed by atoms with Crippen molar-refractivity contribution in [2.45, 2.75) is 94.9 Å². The number of amides is 2. The minimum Gasteiger partial charge on any atom is -0.481 e. The molecule has 164 valence electrons. The largest absolute Gasteiger partial charge is 0.481 e. The van der Waals surface area contributed by atoms with E-state index in [2.05, 4.69) is 10.6 Å². The summed E-state index contributed by atoms with van der Waals surface area (Å²) in [6, 6.07) is 0. The summed E-state index contributed by atoms with van der Waals surface area (Å²) in [6.07, 6.45) is 4.63. The van der Waals surface area contributed by atoms with Crippen molar-refractivity contribution in [3.8, 4) is 0 Å². The highest BCUT2D eigenvalue weighted by atomic mass is 16.6. The average molecular weight is 414 g/mol. The Morgan fingerprint density at radius 1 is 0.759 bits per heavy atom. The number of carboxylic acids is 2. The number of hydrogen-bond donors (Lipinski definition) is 4. The topological polar surface area (TPSA) is 151 Å². The van der Waals surface area contributed by atoms with E-state index in [1.54, 1.807) is 0 Å². The van der Waals surface area contributed by atoms with E-state index in [1.807, 2.05) is 0 Å². The molecule has 29 heavy (non-hydrogen) atoms. The Hall–Kier alpha value is -2.52. The Morgan fingerprint density at radius 3 is 1.52 bits per heavy atom. The Bertz CT molecular complexity index is 563. The van der Waals surface area contributed by atoms with Crippen LogP contribution in [0.5, 0.6) is 0 Å². The zero-order valence-corrected chi connectivity index (χ0v) is 16.5. The van der Waals surface area contributed by atoms with Crippen molar-refractivity contribution in [2.24, 2.45) is 0 Å². The zero-order chi connectivity index (χ0) is 21.3. The number of hydrogen-bond acceptors (Lipinski definition) is 6. The first-order chi connectivity index (χ1) is 13.8. The van der Waals surface area contributed by atoms with Crippen molar-refractivity contribution in [3.05, 3.63) is 0 Å².